The fourth-order valence-corrected chi connectivity index (χ4v) is 2.54. The van der Waals surface area contributed by atoms with Crippen molar-refractivity contribution in [3.63, 3.8) is 0 Å². The minimum atomic E-state index is -0.0811. The highest BCUT2D eigenvalue weighted by Gasteiger charge is 2.17. The smallest absolute Gasteiger partial charge is 0.255 e. The first kappa shape index (κ1) is 14.8. The Morgan fingerprint density at radius 1 is 1.50 bits per heavy atom. The Morgan fingerprint density at radius 3 is 2.90 bits per heavy atom. The number of aryl methyl sites for hydroxylation is 2. The number of amides is 1. The van der Waals surface area contributed by atoms with Crippen molar-refractivity contribution >= 4 is 21.8 Å². The van der Waals surface area contributed by atoms with Crippen LogP contribution in [-0.4, -0.2) is 15.7 Å². The van der Waals surface area contributed by atoms with E-state index in [1.807, 2.05) is 45.2 Å². The van der Waals surface area contributed by atoms with Crippen molar-refractivity contribution < 1.29 is 4.79 Å². The van der Waals surface area contributed by atoms with Crippen molar-refractivity contribution in [1.29, 1.82) is 0 Å². The number of rotatable bonds is 4. The number of hydrogen-bond donors (Lipinski definition) is 1. The molecule has 0 saturated heterocycles. The van der Waals surface area contributed by atoms with Gasteiger partial charge in [-0.05, 0) is 31.0 Å². The first-order valence-corrected chi connectivity index (χ1v) is 7.39. The molecule has 1 heterocycles. The van der Waals surface area contributed by atoms with E-state index in [4.69, 9.17) is 0 Å². The van der Waals surface area contributed by atoms with Crippen LogP contribution >= 0.6 is 15.9 Å². The molecule has 106 valence electrons. The monoisotopic (exact) mass is 335 g/mol. The van der Waals surface area contributed by atoms with E-state index in [1.165, 1.54) is 0 Å². The summed E-state index contributed by atoms with van der Waals surface area (Å²) < 4.78 is 2.68. The van der Waals surface area contributed by atoms with E-state index in [1.54, 1.807) is 10.9 Å². The number of halogens is 1. The van der Waals surface area contributed by atoms with Gasteiger partial charge in [-0.3, -0.25) is 9.48 Å². The van der Waals surface area contributed by atoms with Gasteiger partial charge in [0.15, 0.2) is 0 Å². The number of nitrogens with zero attached hydrogens (tertiary/aromatic N) is 2. The number of aromatic nitrogens is 2. The van der Waals surface area contributed by atoms with Gasteiger partial charge in [0, 0.05) is 17.7 Å². The van der Waals surface area contributed by atoms with E-state index in [0.29, 0.717) is 5.56 Å². The molecule has 0 aliphatic heterocycles. The molecule has 1 aromatic carbocycles. The lowest BCUT2D eigenvalue weighted by molar-refractivity contribution is 0.0939. The SMILES string of the molecule is CCc1nn(C)cc1C(=O)NC(C)c1cccc(Br)c1. The van der Waals surface area contributed by atoms with Gasteiger partial charge in [-0.1, -0.05) is 35.0 Å². The van der Waals surface area contributed by atoms with Gasteiger partial charge in [0.25, 0.3) is 5.91 Å². The van der Waals surface area contributed by atoms with Crippen LogP contribution in [0.1, 0.15) is 41.5 Å². The van der Waals surface area contributed by atoms with Crippen molar-refractivity contribution in [3.05, 3.63) is 51.8 Å². The number of carbonyl (C=O) groups is 1. The molecule has 0 aliphatic carbocycles. The third-order valence-corrected chi connectivity index (χ3v) is 3.67. The molecule has 0 saturated carbocycles. The molecule has 20 heavy (non-hydrogen) atoms. The van der Waals surface area contributed by atoms with Gasteiger partial charge in [0.2, 0.25) is 0 Å². The number of nitrogens with one attached hydrogen (secondary N) is 1. The fourth-order valence-electron chi connectivity index (χ4n) is 2.12. The first-order valence-electron chi connectivity index (χ1n) is 6.60. The zero-order valence-corrected chi connectivity index (χ0v) is 13.4. The summed E-state index contributed by atoms with van der Waals surface area (Å²) in [7, 11) is 1.83. The highest BCUT2D eigenvalue weighted by atomic mass is 79.9. The molecule has 1 aromatic heterocycles. The largest absolute Gasteiger partial charge is 0.345 e. The van der Waals surface area contributed by atoms with Gasteiger partial charge < -0.3 is 5.32 Å². The van der Waals surface area contributed by atoms with E-state index in [9.17, 15) is 4.79 Å². The van der Waals surface area contributed by atoms with Gasteiger partial charge in [-0.25, -0.2) is 0 Å². The summed E-state index contributed by atoms with van der Waals surface area (Å²) in [4.78, 5) is 12.3. The molecule has 5 heteroatoms. The zero-order chi connectivity index (χ0) is 14.7. The van der Waals surface area contributed by atoms with Crippen LogP contribution in [0.2, 0.25) is 0 Å². The summed E-state index contributed by atoms with van der Waals surface area (Å²) in [6, 6.07) is 7.89. The van der Waals surface area contributed by atoms with E-state index in [-0.39, 0.29) is 11.9 Å². The van der Waals surface area contributed by atoms with E-state index < -0.39 is 0 Å². The summed E-state index contributed by atoms with van der Waals surface area (Å²) >= 11 is 3.44. The average molecular weight is 336 g/mol. The average Bonchev–Trinajstić information content (AvgIpc) is 2.80. The fraction of sp³-hybridized carbons (Fsp3) is 0.333. The maximum Gasteiger partial charge on any atom is 0.255 e. The molecule has 1 amide bonds. The molecule has 0 radical (unpaired) electrons. The lowest BCUT2D eigenvalue weighted by Crippen LogP contribution is -2.27. The lowest BCUT2D eigenvalue weighted by atomic mass is 10.1. The number of carbonyl (C=O) groups excluding carboxylic acids is 1. The molecular formula is C15H18BrN3O. The quantitative estimate of drug-likeness (QED) is 0.932. The number of hydrogen-bond acceptors (Lipinski definition) is 2. The molecule has 1 unspecified atom stereocenters. The highest BCUT2D eigenvalue weighted by Crippen LogP contribution is 2.18. The molecule has 1 N–H and O–H groups in total. The Balaban J connectivity index is 2.15. The topological polar surface area (TPSA) is 46.9 Å². The second kappa shape index (κ2) is 6.22. The van der Waals surface area contributed by atoms with Crippen molar-refractivity contribution in [2.75, 3.05) is 0 Å². The van der Waals surface area contributed by atoms with Crippen molar-refractivity contribution in [1.82, 2.24) is 15.1 Å². The third-order valence-electron chi connectivity index (χ3n) is 3.18. The van der Waals surface area contributed by atoms with E-state index >= 15 is 0 Å². The standard InChI is InChI=1S/C15H18BrN3O/c1-4-14-13(9-19(3)18-14)15(20)17-10(2)11-6-5-7-12(16)8-11/h5-10H,4H2,1-3H3,(H,17,20). The van der Waals surface area contributed by atoms with E-state index in [0.717, 1.165) is 22.2 Å². The summed E-state index contributed by atoms with van der Waals surface area (Å²) in [5, 5.41) is 7.31. The van der Waals surface area contributed by atoms with Crippen LogP contribution in [0.4, 0.5) is 0 Å². The Hall–Kier alpha value is -1.62. The highest BCUT2D eigenvalue weighted by molar-refractivity contribution is 9.10. The van der Waals surface area contributed by atoms with Gasteiger partial charge >= 0.3 is 0 Å². The predicted octanol–water partition coefficient (Wildman–Crippen LogP) is 3.24. The Labute approximate surface area is 127 Å². The van der Waals surface area contributed by atoms with Crippen LogP contribution in [0.25, 0.3) is 0 Å². The zero-order valence-electron chi connectivity index (χ0n) is 11.9. The Kier molecular flexibility index (Phi) is 4.60. The molecule has 0 aliphatic rings. The van der Waals surface area contributed by atoms with Crippen LogP contribution in [0, 0.1) is 0 Å². The summed E-state index contributed by atoms with van der Waals surface area (Å²) in [5.74, 6) is -0.0811. The van der Waals surface area contributed by atoms with Gasteiger partial charge in [-0.2, -0.15) is 5.10 Å². The summed E-state index contributed by atoms with van der Waals surface area (Å²) in [6.07, 6.45) is 2.51. The molecule has 4 nitrogen and oxygen atoms in total. The first-order chi connectivity index (χ1) is 9.51. The molecule has 0 fully saturated rings. The van der Waals surface area contributed by atoms with Crippen LogP contribution < -0.4 is 5.32 Å². The van der Waals surface area contributed by atoms with Crippen LogP contribution in [0.15, 0.2) is 34.9 Å². The molecule has 2 rings (SSSR count). The molecule has 2 aromatic rings. The minimum Gasteiger partial charge on any atom is -0.345 e. The second-order valence-electron chi connectivity index (χ2n) is 4.77. The van der Waals surface area contributed by atoms with Crippen LogP contribution in [0.3, 0.4) is 0 Å². The molecule has 0 bridgehead atoms. The number of benzene rings is 1. The lowest BCUT2D eigenvalue weighted by Gasteiger charge is -2.14. The molecule has 1 atom stereocenters. The van der Waals surface area contributed by atoms with Gasteiger partial charge in [-0.15, -0.1) is 0 Å². The van der Waals surface area contributed by atoms with Gasteiger partial charge in [0.1, 0.15) is 0 Å². The van der Waals surface area contributed by atoms with Crippen molar-refractivity contribution in [2.45, 2.75) is 26.3 Å². The minimum absolute atomic E-state index is 0.0510. The second-order valence-corrected chi connectivity index (χ2v) is 5.68. The molecular weight excluding hydrogens is 318 g/mol. The normalized spacial score (nSPS) is 12.2. The summed E-state index contributed by atoms with van der Waals surface area (Å²) in [5.41, 5.74) is 2.54. The Bertz CT molecular complexity index is 621. The van der Waals surface area contributed by atoms with Crippen LogP contribution in [0.5, 0.6) is 0 Å². The molecule has 0 spiro atoms. The Morgan fingerprint density at radius 2 is 2.25 bits per heavy atom. The van der Waals surface area contributed by atoms with Crippen molar-refractivity contribution in [3.8, 4) is 0 Å². The van der Waals surface area contributed by atoms with Crippen LogP contribution in [-0.2, 0) is 13.5 Å². The maximum atomic E-state index is 12.3. The van der Waals surface area contributed by atoms with E-state index in [2.05, 4.69) is 26.3 Å². The third kappa shape index (κ3) is 3.28. The maximum absolute atomic E-state index is 12.3. The predicted molar refractivity (Wildman–Crippen MR) is 82.6 cm³/mol. The van der Waals surface area contributed by atoms with Crippen molar-refractivity contribution in [2.24, 2.45) is 7.05 Å². The van der Waals surface area contributed by atoms with Gasteiger partial charge in [0.05, 0.1) is 17.3 Å². The summed E-state index contributed by atoms with van der Waals surface area (Å²) in [6.45, 7) is 3.97.